The summed E-state index contributed by atoms with van der Waals surface area (Å²) in [6.45, 7) is 4.16. The molecular formula is C33H66N10O22. The van der Waals surface area contributed by atoms with Crippen LogP contribution in [0.4, 0.5) is 0 Å². The van der Waals surface area contributed by atoms with E-state index in [1.54, 1.807) is 13.8 Å². The lowest BCUT2D eigenvalue weighted by atomic mass is 10.1. The molecule has 32 heteroatoms. The maximum atomic E-state index is 10.1. The first-order valence-electron chi connectivity index (χ1n) is 18.2. The smallest absolute Gasteiger partial charge is 0.321 e. The highest BCUT2D eigenvalue weighted by molar-refractivity contribution is 5.83. The normalized spacial score (nSPS) is 12.8. The summed E-state index contributed by atoms with van der Waals surface area (Å²) < 4.78 is 0. The SMILES string of the molecule is CC(C)C(N)C(=O)O.NC(=O)CC(N)C(=O)O.NC(=O)CCC(N)C(=O)O.NC(CC(=O)O)C(=O)O.NC(CC(=O)O)C(=O)O.NC(CCC(=O)O)C(=O)O.NCCCCC(N)C(=O)O. The molecule has 380 valence electrons. The van der Waals surface area contributed by atoms with E-state index in [1.165, 1.54) is 0 Å². The number of nitrogens with two attached hydrogens (primary N) is 10. The van der Waals surface area contributed by atoms with Gasteiger partial charge in [0.15, 0.2) is 0 Å². The monoisotopic (exact) mass is 954 g/mol. The van der Waals surface area contributed by atoms with Gasteiger partial charge in [-0.15, -0.1) is 0 Å². The van der Waals surface area contributed by atoms with E-state index in [4.69, 9.17) is 103 Å². The zero-order valence-corrected chi connectivity index (χ0v) is 35.5. The molecule has 0 saturated heterocycles. The molecule has 0 aromatic carbocycles. The number of unbranched alkanes of at least 4 members (excludes halogenated alkanes) is 1. The summed E-state index contributed by atoms with van der Waals surface area (Å²) in [5, 5.41) is 81.2. The second-order valence-corrected chi connectivity index (χ2v) is 12.9. The summed E-state index contributed by atoms with van der Waals surface area (Å²) in [4.78, 5) is 119. The lowest BCUT2D eigenvalue weighted by Gasteiger charge is -2.07. The van der Waals surface area contributed by atoms with Crippen molar-refractivity contribution in [3.8, 4) is 0 Å². The van der Waals surface area contributed by atoms with Crippen LogP contribution in [-0.2, 0) is 57.5 Å². The van der Waals surface area contributed by atoms with Crippen molar-refractivity contribution in [1.29, 1.82) is 0 Å². The van der Waals surface area contributed by atoms with Gasteiger partial charge in [0.1, 0.15) is 42.3 Å². The molecule has 30 N–H and O–H groups in total. The number of hydrogen-bond donors (Lipinski definition) is 20. The molecule has 2 amide bonds. The van der Waals surface area contributed by atoms with Crippen LogP contribution in [0.25, 0.3) is 0 Å². The molecule has 65 heavy (non-hydrogen) atoms. The van der Waals surface area contributed by atoms with Crippen LogP contribution in [0.2, 0.25) is 0 Å². The van der Waals surface area contributed by atoms with E-state index in [-0.39, 0.29) is 38.0 Å². The Kier molecular flexibility index (Phi) is 49.2. The molecule has 0 radical (unpaired) electrons. The lowest BCUT2D eigenvalue weighted by Crippen LogP contribution is -2.34. The van der Waals surface area contributed by atoms with Crippen LogP contribution in [0.1, 0.15) is 78.1 Å². The first-order valence-corrected chi connectivity index (χ1v) is 18.2. The first-order chi connectivity index (χ1) is 29.4. The molecule has 0 aromatic heterocycles. The number of amides is 2. The number of carboxylic acid groups (broad SMARTS) is 10. The largest absolute Gasteiger partial charge is 0.481 e. The fourth-order valence-corrected chi connectivity index (χ4v) is 2.60. The maximum Gasteiger partial charge on any atom is 0.321 e. The predicted octanol–water partition coefficient (Wildman–Crippen LogP) is -6.47. The number of aliphatic carboxylic acids is 10. The van der Waals surface area contributed by atoms with Crippen LogP contribution in [0, 0.1) is 5.92 Å². The average Bonchev–Trinajstić information content (AvgIpc) is 3.16. The van der Waals surface area contributed by atoms with E-state index in [0.29, 0.717) is 13.0 Å². The molecule has 0 rings (SSSR count). The van der Waals surface area contributed by atoms with E-state index >= 15 is 0 Å². The molecule has 0 fully saturated rings. The molecule has 7 unspecified atom stereocenters. The van der Waals surface area contributed by atoms with Gasteiger partial charge in [0, 0.05) is 12.8 Å². The van der Waals surface area contributed by atoms with Gasteiger partial charge < -0.3 is 108 Å². The van der Waals surface area contributed by atoms with Gasteiger partial charge in [-0.2, -0.15) is 0 Å². The fourth-order valence-electron chi connectivity index (χ4n) is 2.60. The molecule has 0 bridgehead atoms. The molecule has 0 saturated carbocycles. The van der Waals surface area contributed by atoms with Gasteiger partial charge in [-0.1, -0.05) is 20.3 Å². The Bertz CT molecular complexity index is 1380. The van der Waals surface area contributed by atoms with Crippen LogP contribution >= 0.6 is 0 Å². The number of primary amides is 2. The quantitative estimate of drug-likeness (QED) is 0.0400. The number of rotatable bonds is 24. The summed E-state index contributed by atoms with van der Waals surface area (Å²) in [5.41, 5.74) is 49.6. The number of carbonyl (C=O) groups excluding carboxylic acids is 2. The van der Waals surface area contributed by atoms with Gasteiger partial charge in [-0.05, 0) is 38.1 Å². The highest BCUT2D eigenvalue weighted by Crippen LogP contribution is 1.98. The highest BCUT2D eigenvalue weighted by Gasteiger charge is 2.17. The molecule has 0 aliphatic rings. The minimum absolute atomic E-state index is 0.0208. The third-order valence-corrected chi connectivity index (χ3v) is 6.46. The zero-order valence-electron chi connectivity index (χ0n) is 35.5. The standard InChI is InChI=1S/C6H14N2O2.C5H10N2O3.C5H9NO4.C5H11NO2.C4H8N2O3.2C4H7NO4/c7-4-2-1-3-5(8)6(9)10;2*6-3(5(9)10)1-2-4(7)8;1-3(2)4(6)5(7)8;3*5-2(4(8)9)1-3(6)7/h5H,1-4,7-8H2,(H,9,10);3H,1-2,6H2,(H2,7,8)(H,9,10);3H,1-2,6H2,(H,7,8)(H,9,10);3-4H,6H2,1-2H3,(H,7,8);2H,1,5H2,(H2,6,7)(H,8,9);2*2H,1,5H2,(H,6,7)(H,8,9). The van der Waals surface area contributed by atoms with Gasteiger partial charge in [-0.25, -0.2) is 0 Å². The fraction of sp³-hybridized carbons (Fsp3) is 0.636. The van der Waals surface area contributed by atoms with Crippen molar-refractivity contribution in [1.82, 2.24) is 0 Å². The van der Waals surface area contributed by atoms with Gasteiger partial charge in [-0.3, -0.25) is 57.5 Å². The molecule has 32 nitrogen and oxygen atoms in total. The van der Waals surface area contributed by atoms with Crippen molar-refractivity contribution in [3.63, 3.8) is 0 Å². The Morgan fingerprint density at radius 2 is 0.662 bits per heavy atom. The van der Waals surface area contributed by atoms with Crippen LogP contribution < -0.4 is 57.3 Å². The Hall–Kier alpha value is -6.68. The maximum absolute atomic E-state index is 10.1. The lowest BCUT2D eigenvalue weighted by molar-refractivity contribution is -0.144. The minimum atomic E-state index is -1.29. The molecule has 0 heterocycles. The van der Waals surface area contributed by atoms with E-state index in [0.717, 1.165) is 12.8 Å². The summed E-state index contributed by atoms with van der Waals surface area (Å²) in [5.74, 6) is -12.6. The van der Waals surface area contributed by atoms with Gasteiger partial charge in [0.25, 0.3) is 0 Å². The molecule has 0 aliphatic carbocycles. The van der Waals surface area contributed by atoms with Crippen LogP contribution in [-0.4, -0.2) is 171 Å². The van der Waals surface area contributed by atoms with E-state index < -0.39 is 127 Å². The Labute approximate surface area is 370 Å². The van der Waals surface area contributed by atoms with Crippen LogP contribution in [0.15, 0.2) is 0 Å². The molecule has 7 atom stereocenters. The van der Waals surface area contributed by atoms with Crippen LogP contribution in [0.5, 0.6) is 0 Å². The molecular weight excluding hydrogens is 888 g/mol. The second-order valence-electron chi connectivity index (χ2n) is 12.9. The summed E-state index contributed by atoms with van der Waals surface area (Å²) in [6, 6.07) is -7.21. The van der Waals surface area contributed by atoms with E-state index in [2.05, 4.69) is 5.73 Å². The van der Waals surface area contributed by atoms with Crippen molar-refractivity contribution in [2.45, 2.75) is 120 Å². The van der Waals surface area contributed by atoms with Crippen LogP contribution in [0.3, 0.4) is 0 Å². The molecule has 0 aromatic rings. The van der Waals surface area contributed by atoms with Crippen molar-refractivity contribution < 1.29 is 109 Å². The van der Waals surface area contributed by atoms with Crippen molar-refractivity contribution >= 4 is 71.5 Å². The second kappa shape index (κ2) is 43.9. The Balaban J connectivity index is -0.000000121. The van der Waals surface area contributed by atoms with E-state index in [9.17, 15) is 57.5 Å². The van der Waals surface area contributed by atoms with Crippen molar-refractivity contribution in [2.75, 3.05) is 6.54 Å². The third kappa shape index (κ3) is 64.1. The summed E-state index contributed by atoms with van der Waals surface area (Å²) in [6.07, 6.45) is 0.688. The average molecular weight is 955 g/mol. The highest BCUT2D eigenvalue weighted by atomic mass is 16.4. The van der Waals surface area contributed by atoms with E-state index in [1.807, 2.05) is 0 Å². The van der Waals surface area contributed by atoms with Gasteiger partial charge in [0.2, 0.25) is 11.8 Å². The topological polar surface area (TPSA) is 667 Å². The number of carbonyl (C=O) groups is 12. The van der Waals surface area contributed by atoms with Gasteiger partial charge >= 0.3 is 59.7 Å². The van der Waals surface area contributed by atoms with Gasteiger partial charge in [0.05, 0.1) is 19.3 Å². The number of hydrogen-bond acceptors (Lipinski definition) is 20. The molecule has 0 spiro atoms. The first kappa shape index (κ1) is 72.8. The zero-order chi connectivity index (χ0) is 53.3. The van der Waals surface area contributed by atoms with Crippen molar-refractivity contribution in [3.05, 3.63) is 0 Å². The Morgan fingerprint density at radius 3 is 0.831 bits per heavy atom. The summed E-state index contributed by atoms with van der Waals surface area (Å²) >= 11 is 0. The number of carboxylic acids is 10. The third-order valence-electron chi connectivity index (χ3n) is 6.46. The Morgan fingerprint density at radius 1 is 0.369 bits per heavy atom. The molecule has 0 aliphatic heterocycles. The minimum Gasteiger partial charge on any atom is -0.481 e. The predicted molar refractivity (Wildman–Crippen MR) is 221 cm³/mol. The summed E-state index contributed by atoms with van der Waals surface area (Å²) in [7, 11) is 0. The van der Waals surface area contributed by atoms with Crippen molar-refractivity contribution in [2.24, 2.45) is 63.3 Å².